The molecule has 8 heteroatoms. The first-order valence-corrected chi connectivity index (χ1v) is 10.8. The van der Waals surface area contributed by atoms with Crippen molar-refractivity contribution in [3.63, 3.8) is 0 Å². The minimum absolute atomic E-state index is 0.0538. The molecule has 3 aromatic rings. The lowest BCUT2D eigenvalue weighted by molar-refractivity contribution is -0.115. The molecule has 0 aliphatic carbocycles. The standard InChI is InChI=1S/C22H22ClN3O3S/c1-12-19-20(30-13(2)22(27)24-21(19)26-25-12)14-8-9-17(18(10-14)28-3)29-11-15-6-4-5-7-16(15)23/h4-10,13,20H,11H2,1-3H3,(H2,24,25,26,27). The first-order valence-electron chi connectivity index (χ1n) is 9.53. The second-order valence-electron chi connectivity index (χ2n) is 7.05. The maximum Gasteiger partial charge on any atom is 0.238 e. The van der Waals surface area contributed by atoms with Gasteiger partial charge in [-0.15, -0.1) is 11.8 Å². The SMILES string of the molecule is COc1cc(C2SC(C)C(=O)Nc3n[nH]c(C)c32)ccc1OCc1ccccc1Cl. The summed E-state index contributed by atoms with van der Waals surface area (Å²) in [5.74, 6) is 1.78. The van der Waals surface area contributed by atoms with Crippen LogP contribution in [0.5, 0.6) is 11.5 Å². The summed E-state index contributed by atoms with van der Waals surface area (Å²) in [6.07, 6.45) is 0. The predicted octanol–water partition coefficient (Wildman–Crippen LogP) is 5.12. The number of aromatic amines is 1. The third-order valence-corrected chi connectivity index (χ3v) is 6.81. The van der Waals surface area contributed by atoms with E-state index in [0.29, 0.717) is 28.9 Å². The van der Waals surface area contributed by atoms with E-state index >= 15 is 0 Å². The monoisotopic (exact) mass is 443 g/mol. The lowest BCUT2D eigenvalue weighted by Gasteiger charge is -2.19. The van der Waals surface area contributed by atoms with Crippen molar-refractivity contribution in [1.82, 2.24) is 10.2 Å². The summed E-state index contributed by atoms with van der Waals surface area (Å²) < 4.78 is 11.6. The van der Waals surface area contributed by atoms with Crippen LogP contribution >= 0.6 is 23.4 Å². The van der Waals surface area contributed by atoms with Crippen molar-refractivity contribution in [2.75, 3.05) is 12.4 Å². The number of halogens is 1. The van der Waals surface area contributed by atoms with Gasteiger partial charge in [-0.1, -0.05) is 35.9 Å². The minimum atomic E-state index is -0.217. The number of anilines is 1. The molecule has 2 aromatic carbocycles. The van der Waals surface area contributed by atoms with Gasteiger partial charge in [-0.25, -0.2) is 0 Å². The Bertz CT molecular complexity index is 1090. The Balaban J connectivity index is 1.64. The van der Waals surface area contributed by atoms with Crippen LogP contribution in [0.4, 0.5) is 5.82 Å². The maximum absolute atomic E-state index is 12.3. The van der Waals surface area contributed by atoms with Crippen LogP contribution in [0.25, 0.3) is 0 Å². The van der Waals surface area contributed by atoms with Crippen molar-refractivity contribution < 1.29 is 14.3 Å². The van der Waals surface area contributed by atoms with Gasteiger partial charge in [-0.2, -0.15) is 5.10 Å². The largest absolute Gasteiger partial charge is 0.493 e. The molecule has 0 radical (unpaired) electrons. The van der Waals surface area contributed by atoms with Crippen molar-refractivity contribution in [3.8, 4) is 11.5 Å². The lowest BCUT2D eigenvalue weighted by atomic mass is 10.0. The molecule has 1 aliphatic heterocycles. The van der Waals surface area contributed by atoms with Gasteiger partial charge < -0.3 is 14.8 Å². The molecule has 2 heterocycles. The maximum atomic E-state index is 12.3. The molecule has 0 spiro atoms. The highest BCUT2D eigenvalue weighted by atomic mass is 35.5. The molecule has 0 bridgehead atoms. The average Bonchev–Trinajstić information content (AvgIpc) is 3.04. The van der Waals surface area contributed by atoms with E-state index in [4.69, 9.17) is 21.1 Å². The number of rotatable bonds is 5. The van der Waals surface area contributed by atoms with E-state index in [1.807, 2.05) is 56.3 Å². The summed E-state index contributed by atoms with van der Waals surface area (Å²) in [7, 11) is 1.62. The molecule has 1 amide bonds. The number of thioether (sulfide) groups is 1. The second-order valence-corrected chi connectivity index (χ2v) is 8.91. The first kappa shape index (κ1) is 20.6. The molecule has 0 saturated carbocycles. The third kappa shape index (κ3) is 4.00. The summed E-state index contributed by atoms with van der Waals surface area (Å²) in [5, 5.41) is 10.5. The number of benzene rings is 2. The number of carbonyl (C=O) groups is 1. The number of aryl methyl sites for hydroxylation is 1. The van der Waals surface area contributed by atoms with Gasteiger partial charge in [0, 0.05) is 21.8 Å². The van der Waals surface area contributed by atoms with Gasteiger partial charge in [0.25, 0.3) is 0 Å². The number of aromatic nitrogens is 2. The summed E-state index contributed by atoms with van der Waals surface area (Å²) >= 11 is 7.81. The van der Waals surface area contributed by atoms with Gasteiger partial charge >= 0.3 is 0 Å². The van der Waals surface area contributed by atoms with Crippen LogP contribution in [0.15, 0.2) is 42.5 Å². The number of hydrogen-bond acceptors (Lipinski definition) is 5. The van der Waals surface area contributed by atoms with E-state index in [9.17, 15) is 4.79 Å². The molecule has 1 aliphatic rings. The summed E-state index contributed by atoms with van der Waals surface area (Å²) in [6, 6.07) is 13.4. The van der Waals surface area contributed by atoms with Crippen LogP contribution in [-0.4, -0.2) is 28.5 Å². The van der Waals surface area contributed by atoms with E-state index in [0.717, 1.165) is 22.4 Å². The van der Waals surface area contributed by atoms with Gasteiger partial charge in [-0.05, 0) is 37.6 Å². The van der Waals surface area contributed by atoms with Crippen molar-refractivity contribution in [1.29, 1.82) is 0 Å². The van der Waals surface area contributed by atoms with E-state index in [1.54, 1.807) is 18.9 Å². The Kier molecular flexibility index (Phi) is 5.92. The Morgan fingerprint density at radius 2 is 2.00 bits per heavy atom. The predicted molar refractivity (Wildman–Crippen MR) is 120 cm³/mol. The van der Waals surface area contributed by atoms with E-state index in [-0.39, 0.29) is 16.4 Å². The molecule has 30 heavy (non-hydrogen) atoms. The van der Waals surface area contributed by atoms with Crippen LogP contribution in [0.2, 0.25) is 5.02 Å². The fourth-order valence-corrected chi connectivity index (χ4v) is 4.90. The number of ether oxygens (including phenoxy) is 2. The molecule has 1 aromatic heterocycles. The number of methoxy groups -OCH3 is 1. The van der Waals surface area contributed by atoms with Crippen molar-refractivity contribution in [3.05, 3.63) is 69.9 Å². The molecule has 4 rings (SSSR count). The highest BCUT2D eigenvalue weighted by Gasteiger charge is 2.32. The number of nitrogens with one attached hydrogen (secondary N) is 2. The third-order valence-electron chi connectivity index (χ3n) is 5.04. The van der Waals surface area contributed by atoms with Crippen molar-refractivity contribution >= 4 is 35.1 Å². The van der Waals surface area contributed by atoms with Crippen LogP contribution in [0.3, 0.4) is 0 Å². The number of carbonyl (C=O) groups excluding carboxylic acids is 1. The van der Waals surface area contributed by atoms with Gasteiger partial charge in [0.05, 0.1) is 17.6 Å². The van der Waals surface area contributed by atoms with Gasteiger partial charge in [0.15, 0.2) is 17.3 Å². The first-order chi connectivity index (χ1) is 14.5. The molecule has 0 saturated heterocycles. The van der Waals surface area contributed by atoms with Crippen LogP contribution < -0.4 is 14.8 Å². The molecular weight excluding hydrogens is 422 g/mol. The Morgan fingerprint density at radius 1 is 1.20 bits per heavy atom. The normalized spacial score (nSPS) is 18.3. The Hall–Kier alpha value is -2.64. The zero-order valence-corrected chi connectivity index (χ0v) is 18.4. The fourth-order valence-electron chi connectivity index (χ4n) is 3.39. The number of hydrogen-bond donors (Lipinski definition) is 2. The summed E-state index contributed by atoms with van der Waals surface area (Å²) in [6.45, 7) is 4.20. The number of nitrogens with zero attached hydrogens (tertiary/aromatic N) is 1. The van der Waals surface area contributed by atoms with Crippen molar-refractivity contribution in [2.45, 2.75) is 31.0 Å². The lowest BCUT2D eigenvalue weighted by Crippen LogP contribution is -2.21. The second kappa shape index (κ2) is 8.62. The molecule has 6 nitrogen and oxygen atoms in total. The van der Waals surface area contributed by atoms with Crippen molar-refractivity contribution in [2.24, 2.45) is 0 Å². The Morgan fingerprint density at radius 3 is 2.77 bits per heavy atom. The minimum Gasteiger partial charge on any atom is -0.493 e. The van der Waals surface area contributed by atoms with Gasteiger partial charge in [-0.3, -0.25) is 9.89 Å². The molecule has 0 fully saturated rings. The number of H-pyrrole nitrogens is 1. The molecular formula is C22H22ClN3O3S. The highest BCUT2D eigenvalue weighted by molar-refractivity contribution is 8.01. The van der Waals surface area contributed by atoms with Crippen LogP contribution in [0.1, 0.15) is 34.6 Å². The zero-order chi connectivity index (χ0) is 21.3. The Labute approximate surface area is 184 Å². The van der Waals surface area contributed by atoms with Gasteiger partial charge in [0.1, 0.15) is 6.61 Å². The van der Waals surface area contributed by atoms with Crippen LogP contribution in [0, 0.1) is 6.92 Å². The number of amides is 1. The van der Waals surface area contributed by atoms with E-state index < -0.39 is 0 Å². The highest BCUT2D eigenvalue weighted by Crippen LogP contribution is 2.46. The summed E-state index contributed by atoms with van der Waals surface area (Å²) in [4.78, 5) is 12.3. The molecule has 2 unspecified atom stereocenters. The van der Waals surface area contributed by atoms with E-state index in [2.05, 4.69) is 15.5 Å². The van der Waals surface area contributed by atoms with Gasteiger partial charge in [0.2, 0.25) is 5.91 Å². The average molecular weight is 444 g/mol. The smallest absolute Gasteiger partial charge is 0.238 e. The molecule has 156 valence electrons. The van der Waals surface area contributed by atoms with Crippen LogP contribution in [-0.2, 0) is 11.4 Å². The number of fused-ring (bicyclic) bond motifs is 1. The quantitative estimate of drug-likeness (QED) is 0.572. The molecule has 2 atom stereocenters. The zero-order valence-electron chi connectivity index (χ0n) is 16.9. The fraction of sp³-hybridized carbons (Fsp3) is 0.273. The summed E-state index contributed by atoms with van der Waals surface area (Å²) in [5.41, 5.74) is 3.82. The van der Waals surface area contributed by atoms with E-state index in [1.165, 1.54) is 0 Å². The molecule has 2 N–H and O–H groups in total. The topological polar surface area (TPSA) is 76.2 Å².